The van der Waals surface area contributed by atoms with E-state index in [0.29, 0.717) is 0 Å². The lowest BCUT2D eigenvalue weighted by Crippen LogP contribution is -2.41. The zero-order valence-electron chi connectivity index (χ0n) is 12.6. The summed E-state index contributed by atoms with van der Waals surface area (Å²) in [4.78, 5) is 8.67. The van der Waals surface area contributed by atoms with Gasteiger partial charge in [0, 0.05) is 11.6 Å². The molecule has 3 rings (SSSR count). The molecule has 4 nitrogen and oxygen atoms in total. The van der Waals surface area contributed by atoms with Gasteiger partial charge in [0.15, 0.2) is 0 Å². The Kier molecular flexibility index (Phi) is 2.89. The predicted octanol–water partition coefficient (Wildman–Crippen LogP) is 2.24. The first kappa shape index (κ1) is 13.5. The van der Waals surface area contributed by atoms with E-state index in [4.69, 9.17) is 9.31 Å². The topological polar surface area (TPSA) is 44.2 Å². The molecular formula is C15H19BN2O2. The summed E-state index contributed by atoms with van der Waals surface area (Å²) in [5, 5.41) is 1.02. The summed E-state index contributed by atoms with van der Waals surface area (Å²) < 4.78 is 12.1. The number of aryl methyl sites for hydroxylation is 1. The summed E-state index contributed by atoms with van der Waals surface area (Å²) in [7, 11) is -0.348. The molecule has 2 aromatic rings. The first-order chi connectivity index (χ1) is 9.28. The Morgan fingerprint density at radius 1 is 1.05 bits per heavy atom. The number of hydrogen-bond acceptors (Lipinski definition) is 4. The van der Waals surface area contributed by atoms with E-state index in [9.17, 15) is 0 Å². The summed E-state index contributed by atoms with van der Waals surface area (Å²) in [6, 6.07) is 6.05. The second-order valence-corrected chi connectivity index (χ2v) is 6.32. The predicted molar refractivity (Wildman–Crippen MR) is 80.0 cm³/mol. The van der Waals surface area contributed by atoms with Crippen LogP contribution in [0.5, 0.6) is 0 Å². The van der Waals surface area contributed by atoms with Crippen LogP contribution in [0, 0.1) is 6.92 Å². The summed E-state index contributed by atoms with van der Waals surface area (Å²) in [5.41, 5.74) is 1.27. The lowest BCUT2D eigenvalue weighted by Gasteiger charge is -2.32. The van der Waals surface area contributed by atoms with Gasteiger partial charge in [-0.15, -0.1) is 0 Å². The van der Waals surface area contributed by atoms with E-state index >= 15 is 0 Å². The minimum atomic E-state index is -0.348. The van der Waals surface area contributed by atoms with Gasteiger partial charge >= 0.3 is 7.12 Å². The molecule has 0 radical (unpaired) electrons. The molecule has 1 saturated heterocycles. The van der Waals surface area contributed by atoms with Gasteiger partial charge in [0.2, 0.25) is 0 Å². The molecule has 20 heavy (non-hydrogen) atoms. The van der Waals surface area contributed by atoms with E-state index in [1.165, 1.54) is 0 Å². The largest absolute Gasteiger partial charge is 0.494 e. The standard InChI is InChI=1S/C15H19BN2O2/c1-10-17-9-11-6-7-12(8-13(11)18-10)16-19-14(2,3)15(4,5)20-16/h6-9H,1-5H3. The molecular weight excluding hydrogens is 251 g/mol. The highest BCUT2D eigenvalue weighted by Crippen LogP contribution is 2.36. The van der Waals surface area contributed by atoms with Crippen molar-refractivity contribution in [3.8, 4) is 0 Å². The van der Waals surface area contributed by atoms with Crippen molar-refractivity contribution in [2.45, 2.75) is 45.8 Å². The smallest absolute Gasteiger partial charge is 0.399 e. The molecule has 0 unspecified atom stereocenters. The molecule has 0 amide bonds. The van der Waals surface area contributed by atoms with Gasteiger partial charge in [-0.05, 0) is 46.1 Å². The zero-order valence-corrected chi connectivity index (χ0v) is 12.6. The summed E-state index contributed by atoms with van der Waals surface area (Å²) in [6.45, 7) is 10.1. The van der Waals surface area contributed by atoms with Gasteiger partial charge < -0.3 is 9.31 Å². The molecule has 0 bridgehead atoms. The van der Waals surface area contributed by atoms with Crippen molar-refractivity contribution in [2.75, 3.05) is 0 Å². The molecule has 1 aromatic heterocycles. The van der Waals surface area contributed by atoms with Crippen molar-refractivity contribution in [2.24, 2.45) is 0 Å². The number of hydrogen-bond donors (Lipinski definition) is 0. The lowest BCUT2D eigenvalue weighted by atomic mass is 9.79. The van der Waals surface area contributed by atoms with Crippen LogP contribution in [0.2, 0.25) is 0 Å². The van der Waals surface area contributed by atoms with E-state index in [-0.39, 0.29) is 18.3 Å². The van der Waals surface area contributed by atoms with Crippen molar-refractivity contribution in [1.29, 1.82) is 0 Å². The Hall–Kier alpha value is -1.46. The fourth-order valence-corrected chi connectivity index (χ4v) is 2.26. The van der Waals surface area contributed by atoms with Gasteiger partial charge in [-0.1, -0.05) is 12.1 Å². The van der Waals surface area contributed by atoms with Crippen LogP contribution in [0.15, 0.2) is 24.4 Å². The second kappa shape index (κ2) is 4.27. The monoisotopic (exact) mass is 270 g/mol. The van der Waals surface area contributed by atoms with Crippen LogP contribution < -0.4 is 5.46 Å². The number of fused-ring (bicyclic) bond motifs is 1. The highest BCUT2D eigenvalue weighted by molar-refractivity contribution is 6.62. The molecule has 0 spiro atoms. The van der Waals surface area contributed by atoms with Crippen LogP contribution in [0.1, 0.15) is 33.5 Å². The van der Waals surface area contributed by atoms with Crippen LogP contribution in [-0.4, -0.2) is 28.3 Å². The Labute approximate surface area is 119 Å². The van der Waals surface area contributed by atoms with E-state index in [1.807, 2.05) is 31.3 Å². The average molecular weight is 270 g/mol. The quantitative estimate of drug-likeness (QED) is 0.745. The molecule has 104 valence electrons. The number of aromatic nitrogens is 2. The van der Waals surface area contributed by atoms with E-state index in [1.54, 1.807) is 0 Å². The molecule has 1 aliphatic rings. The molecule has 2 heterocycles. The molecule has 1 aliphatic heterocycles. The zero-order chi connectivity index (χ0) is 14.5. The van der Waals surface area contributed by atoms with Gasteiger partial charge in [-0.25, -0.2) is 9.97 Å². The third kappa shape index (κ3) is 2.11. The molecule has 1 fully saturated rings. The summed E-state index contributed by atoms with van der Waals surface area (Å²) >= 11 is 0. The minimum absolute atomic E-state index is 0.325. The minimum Gasteiger partial charge on any atom is -0.399 e. The number of benzene rings is 1. The highest BCUT2D eigenvalue weighted by Gasteiger charge is 2.51. The van der Waals surface area contributed by atoms with Crippen molar-refractivity contribution < 1.29 is 9.31 Å². The van der Waals surface area contributed by atoms with Gasteiger partial charge in [0.05, 0.1) is 16.7 Å². The molecule has 0 saturated carbocycles. The Balaban J connectivity index is 2.00. The van der Waals surface area contributed by atoms with E-state index in [0.717, 1.165) is 22.2 Å². The second-order valence-electron chi connectivity index (χ2n) is 6.32. The Morgan fingerprint density at radius 3 is 2.35 bits per heavy atom. The Bertz CT molecular complexity index is 654. The van der Waals surface area contributed by atoms with Gasteiger partial charge in [-0.3, -0.25) is 0 Å². The van der Waals surface area contributed by atoms with Crippen LogP contribution in [0.4, 0.5) is 0 Å². The summed E-state index contributed by atoms with van der Waals surface area (Å²) in [6.07, 6.45) is 1.84. The average Bonchev–Trinajstić information content (AvgIpc) is 2.57. The molecule has 0 N–H and O–H groups in total. The van der Waals surface area contributed by atoms with E-state index in [2.05, 4.69) is 37.7 Å². The van der Waals surface area contributed by atoms with Crippen molar-refractivity contribution in [3.63, 3.8) is 0 Å². The lowest BCUT2D eigenvalue weighted by molar-refractivity contribution is 0.00578. The van der Waals surface area contributed by atoms with Crippen LogP contribution >= 0.6 is 0 Å². The molecule has 0 aliphatic carbocycles. The third-order valence-corrected chi connectivity index (χ3v) is 4.25. The van der Waals surface area contributed by atoms with Gasteiger partial charge in [-0.2, -0.15) is 0 Å². The summed E-state index contributed by atoms with van der Waals surface area (Å²) in [5.74, 6) is 0.767. The van der Waals surface area contributed by atoms with Crippen molar-refractivity contribution >= 4 is 23.5 Å². The van der Waals surface area contributed by atoms with E-state index < -0.39 is 0 Å². The maximum Gasteiger partial charge on any atom is 0.494 e. The van der Waals surface area contributed by atoms with Crippen LogP contribution in [0.25, 0.3) is 10.9 Å². The first-order valence-electron chi connectivity index (χ1n) is 6.87. The Morgan fingerprint density at radius 2 is 1.70 bits per heavy atom. The fraction of sp³-hybridized carbons (Fsp3) is 0.467. The fourth-order valence-electron chi connectivity index (χ4n) is 2.26. The number of rotatable bonds is 1. The third-order valence-electron chi connectivity index (χ3n) is 4.25. The maximum atomic E-state index is 6.06. The van der Waals surface area contributed by atoms with Gasteiger partial charge in [0.1, 0.15) is 5.82 Å². The number of nitrogens with zero attached hydrogens (tertiary/aromatic N) is 2. The molecule has 5 heteroatoms. The van der Waals surface area contributed by atoms with Gasteiger partial charge in [0.25, 0.3) is 0 Å². The van der Waals surface area contributed by atoms with Crippen molar-refractivity contribution in [1.82, 2.24) is 9.97 Å². The van der Waals surface area contributed by atoms with Crippen molar-refractivity contribution in [3.05, 3.63) is 30.2 Å². The molecule has 0 atom stereocenters. The normalized spacial score (nSPS) is 20.6. The highest BCUT2D eigenvalue weighted by atomic mass is 16.7. The molecule has 1 aromatic carbocycles. The first-order valence-corrected chi connectivity index (χ1v) is 6.87. The van der Waals surface area contributed by atoms with Crippen LogP contribution in [-0.2, 0) is 9.31 Å². The maximum absolute atomic E-state index is 6.06. The van der Waals surface area contributed by atoms with Crippen LogP contribution in [0.3, 0.4) is 0 Å². The SMILES string of the molecule is Cc1ncc2ccc(B3OC(C)(C)C(C)(C)O3)cc2n1.